The highest BCUT2D eigenvalue weighted by Gasteiger charge is 2.22. The summed E-state index contributed by atoms with van der Waals surface area (Å²) in [6.45, 7) is 10.0. The zero-order valence-electron chi connectivity index (χ0n) is 13.8. The molecule has 3 nitrogen and oxygen atoms in total. The summed E-state index contributed by atoms with van der Waals surface area (Å²) in [5.41, 5.74) is 5.20. The Morgan fingerprint density at radius 1 is 1.36 bits per heavy atom. The van der Waals surface area contributed by atoms with Crippen LogP contribution in [-0.2, 0) is 6.42 Å². The van der Waals surface area contributed by atoms with Crippen LogP contribution in [0.15, 0.2) is 48.3 Å². The molecule has 0 bridgehead atoms. The number of benzene rings is 1. The molecule has 1 aromatic rings. The van der Waals surface area contributed by atoms with Gasteiger partial charge in [0.05, 0.1) is 11.4 Å². The normalized spacial score (nSPS) is 14.4. The fourth-order valence-electron chi connectivity index (χ4n) is 2.67. The van der Waals surface area contributed by atoms with E-state index >= 15 is 0 Å². The van der Waals surface area contributed by atoms with Gasteiger partial charge in [-0.15, -0.1) is 0 Å². The van der Waals surface area contributed by atoms with Crippen molar-refractivity contribution in [3.8, 4) is 0 Å². The van der Waals surface area contributed by atoms with Crippen molar-refractivity contribution in [3.63, 3.8) is 0 Å². The van der Waals surface area contributed by atoms with E-state index in [1.54, 1.807) is 12.4 Å². The van der Waals surface area contributed by atoms with E-state index < -0.39 is 0 Å². The van der Waals surface area contributed by atoms with Crippen LogP contribution in [0.25, 0.3) is 6.08 Å². The van der Waals surface area contributed by atoms with Gasteiger partial charge < -0.3 is 9.80 Å². The van der Waals surface area contributed by atoms with Gasteiger partial charge in [0.25, 0.3) is 0 Å². The SMILES string of the molecule is C=CN1CCc2cc(/C=C/C=C\N=CC)cc(N(C)CC)c21. The number of hydrogen-bond donors (Lipinski definition) is 0. The molecule has 0 atom stereocenters. The number of hydrogen-bond acceptors (Lipinski definition) is 3. The average Bonchev–Trinajstić information content (AvgIpc) is 2.96. The maximum absolute atomic E-state index is 4.06. The minimum Gasteiger partial charge on any atom is -0.373 e. The largest absolute Gasteiger partial charge is 0.373 e. The van der Waals surface area contributed by atoms with E-state index in [2.05, 4.69) is 53.6 Å². The van der Waals surface area contributed by atoms with Crippen molar-refractivity contribution in [1.29, 1.82) is 0 Å². The number of anilines is 2. The van der Waals surface area contributed by atoms with Gasteiger partial charge in [-0.25, -0.2) is 0 Å². The zero-order valence-corrected chi connectivity index (χ0v) is 13.8. The Labute approximate surface area is 134 Å². The Morgan fingerprint density at radius 2 is 2.18 bits per heavy atom. The van der Waals surface area contributed by atoms with Crippen molar-refractivity contribution in [2.24, 2.45) is 4.99 Å². The number of rotatable bonds is 6. The predicted molar refractivity (Wildman–Crippen MR) is 99.0 cm³/mol. The highest BCUT2D eigenvalue weighted by Crippen LogP contribution is 2.39. The summed E-state index contributed by atoms with van der Waals surface area (Å²) >= 11 is 0. The molecule has 116 valence electrons. The molecule has 0 saturated carbocycles. The van der Waals surface area contributed by atoms with Crippen molar-refractivity contribution >= 4 is 23.7 Å². The molecule has 0 unspecified atom stereocenters. The van der Waals surface area contributed by atoms with E-state index in [0.717, 1.165) is 19.5 Å². The summed E-state index contributed by atoms with van der Waals surface area (Å²) in [5.74, 6) is 0. The molecular weight excluding hydrogens is 270 g/mol. The Hall–Kier alpha value is -2.29. The topological polar surface area (TPSA) is 18.8 Å². The van der Waals surface area contributed by atoms with Crippen molar-refractivity contribution < 1.29 is 0 Å². The van der Waals surface area contributed by atoms with Gasteiger partial charge in [0.1, 0.15) is 0 Å². The molecule has 0 radical (unpaired) electrons. The first kappa shape index (κ1) is 16.1. The van der Waals surface area contributed by atoms with Crippen LogP contribution in [0, 0.1) is 0 Å². The van der Waals surface area contributed by atoms with Crippen molar-refractivity contribution in [1.82, 2.24) is 0 Å². The number of allylic oxidation sites excluding steroid dienone is 2. The monoisotopic (exact) mass is 295 g/mol. The van der Waals surface area contributed by atoms with E-state index in [0.29, 0.717) is 0 Å². The smallest absolute Gasteiger partial charge is 0.0677 e. The van der Waals surface area contributed by atoms with Crippen molar-refractivity contribution in [2.75, 3.05) is 29.9 Å². The first-order valence-electron chi connectivity index (χ1n) is 7.79. The Bertz CT molecular complexity index is 611. The van der Waals surface area contributed by atoms with Gasteiger partial charge in [0.15, 0.2) is 0 Å². The standard InChI is InChI=1S/C19H25N3/c1-5-20-12-9-8-10-16-14-17-11-13-22(7-3)19(17)18(15-16)21(4)6-2/h5,7-10,12,14-15H,3,6,11,13H2,1-2,4H3/b10-8+,12-9-,20-5?. The van der Waals surface area contributed by atoms with Gasteiger partial charge in [-0.1, -0.05) is 18.7 Å². The number of aliphatic imine (C=N–C) groups is 1. The predicted octanol–water partition coefficient (Wildman–Crippen LogP) is 4.27. The summed E-state index contributed by atoms with van der Waals surface area (Å²) in [6.07, 6.45) is 12.7. The summed E-state index contributed by atoms with van der Waals surface area (Å²) in [4.78, 5) is 8.60. The van der Waals surface area contributed by atoms with E-state index in [9.17, 15) is 0 Å². The molecule has 0 aliphatic carbocycles. The van der Waals surface area contributed by atoms with E-state index in [4.69, 9.17) is 0 Å². The maximum Gasteiger partial charge on any atom is 0.0677 e. The molecule has 0 N–H and O–H groups in total. The quantitative estimate of drug-likeness (QED) is 0.576. The van der Waals surface area contributed by atoms with E-state index in [1.165, 1.54) is 22.5 Å². The first-order chi connectivity index (χ1) is 10.7. The highest BCUT2D eigenvalue weighted by atomic mass is 15.2. The summed E-state index contributed by atoms with van der Waals surface area (Å²) in [5, 5.41) is 0. The summed E-state index contributed by atoms with van der Waals surface area (Å²) in [7, 11) is 2.14. The van der Waals surface area contributed by atoms with E-state index in [-0.39, 0.29) is 0 Å². The Morgan fingerprint density at radius 3 is 2.86 bits per heavy atom. The van der Waals surface area contributed by atoms with Gasteiger partial charge in [-0.3, -0.25) is 4.99 Å². The molecule has 0 fully saturated rings. The van der Waals surface area contributed by atoms with Crippen LogP contribution in [0.2, 0.25) is 0 Å². The molecule has 2 rings (SSSR count). The number of nitrogens with zero attached hydrogens (tertiary/aromatic N) is 3. The zero-order chi connectivity index (χ0) is 15.9. The fourth-order valence-corrected chi connectivity index (χ4v) is 2.67. The third-order valence-electron chi connectivity index (χ3n) is 3.93. The van der Waals surface area contributed by atoms with E-state index in [1.807, 2.05) is 25.3 Å². The lowest BCUT2D eigenvalue weighted by molar-refractivity contribution is 0.957. The minimum absolute atomic E-state index is 0.982. The second-order valence-corrected chi connectivity index (χ2v) is 5.30. The van der Waals surface area contributed by atoms with Crippen LogP contribution in [0.4, 0.5) is 11.4 Å². The van der Waals surface area contributed by atoms with Crippen molar-refractivity contribution in [3.05, 3.63) is 54.4 Å². The molecule has 1 aliphatic heterocycles. The number of fused-ring (bicyclic) bond motifs is 1. The first-order valence-corrected chi connectivity index (χ1v) is 7.79. The second kappa shape index (κ2) is 7.64. The fraction of sp³-hybridized carbons (Fsp3) is 0.316. The van der Waals surface area contributed by atoms with Crippen LogP contribution in [0.1, 0.15) is 25.0 Å². The molecule has 0 spiro atoms. The second-order valence-electron chi connectivity index (χ2n) is 5.30. The van der Waals surface area contributed by atoms with Gasteiger partial charge in [-0.2, -0.15) is 0 Å². The van der Waals surface area contributed by atoms with Gasteiger partial charge in [0.2, 0.25) is 0 Å². The van der Waals surface area contributed by atoms with Gasteiger partial charge in [-0.05, 0) is 55.8 Å². The molecular formula is C19H25N3. The minimum atomic E-state index is 0.982. The lowest BCUT2D eigenvalue weighted by Gasteiger charge is -2.25. The lowest BCUT2D eigenvalue weighted by Crippen LogP contribution is -2.20. The lowest BCUT2D eigenvalue weighted by atomic mass is 10.0. The molecule has 0 amide bonds. The molecule has 1 aromatic carbocycles. The molecule has 1 aliphatic rings. The van der Waals surface area contributed by atoms with Gasteiger partial charge in [0, 0.05) is 32.6 Å². The Kier molecular flexibility index (Phi) is 5.59. The van der Waals surface area contributed by atoms with Crippen LogP contribution in [0.5, 0.6) is 0 Å². The third kappa shape index (κ3) is 3.48. The molecule has 0 aromatic heterocycles. The molecule has 3 heteroatoms. The van der Waals surface area contributed by atoms with Crippen LogP contribution in [0.3, 0.4) is 0 Å². The summed E-state index contributed by atoms with van der Waals surface area (Å²) in [6, 6.07) is 4.52. The van der Waals surface area contributed by atoms with Gasteiger partial charge >= 0.3 is 0 Å². The third-order valence-corrected chi connectivity index (χ3v) is 3.93. The highest BCUT2D eigenvalue weighted by molar-refractivity contribution is 5.81. The Balaban J connectivity index is 2.36. The van der Waals surface area contributed by atoms with Crippen LogP contribution < -0.4 is 9.80 Å². The maximum atomic E-state index is 4.06. The van der Waals surface area contributed by atoms with Crippen LogP contribution in [-0.4, -0.2) is 26.4 Å². The molecule has 22 heavy (non-hydrogen) atoms. The van der Waals surface area contributed by atoms with Crippen LogP contribution >= 0.6 is 0 Å². The van der Waals surface area contributed by atoms with Crippen molar-refractivity contribution in [2.45, 2.75) is 20.3 Å². The molecule has 0 saturated heterocycles. The summed E-state index contributed by atoms with van der Waals surface area (Å²) < 4.78 is 0. The molecule has 1 heterocycles. The average molecular weight is 295 g/mol.